The molecule has 0 heterocycles. The molecule has 0 saturated heterocycles. The Hall–Kier alpha value is -1.82. The van der Waals surface area contributed by atoms with Gasteiger partial charge in [0.2, 0.25) is 11.5 Å². The molecule has 1 aromatic rings. The summed E-state index contributed by atoms with van der Waals surface area (Å²) in [5.41, 5.74) is 5.82. The van der Waals surface area contributed by atoms with E-state index in [9.17, 15) is 10.1 Å². The molecule has 0 radical (unpaired) electrons. The number of nitro groups is 1. The molecule has 0 spiro atoms. The monoisotopic (exact) mass is 280 g/mol. The summed E-state index contributed by atoms with van der Waals surface area (Å²) in [5, 5.41) is 11.3. The normalized spacial score (nSPS) is 22.0. The first kappa shape index (κ1) is 14.6. The van der Waals surface area contributed by atoms with Crippen LogP contribution in [0.3, 0.4) is 0 Å². The lowest BCUT2D eigenvalue weighted by Gasteiger charge is -2.19. The number of nitrogens with zero attached hydrogens (tertiary/aromatic N) is 1. The van der Waals surface area contributed by atoms with Crippen LogP contribution in [0.5, 0.6) is 11.5 Å². The highest BCUT2D eigenvalue weighted by atomic mass is 16.6. The first-order chi connectivity index (χ1) is 9.49. The van der Waals surface area contributed by atoms with Gasteiger partial charge in [0.15, 0.2) is 0 Å². The summed E-state index contributed by atoms with van der Waals surface area (Å²) in [6, 6.07) is 4.81. The SMILES string of the molecule is CC(C)Oc1cccc(OC2CCCC2N)c1[N+](=O)[O-]. The molecule has 2 rings (SSSR count). The lowest BCUT2D eigenvalue weighted by molar-refractivity contribution is -0.387. The van der Waals surface area contributed by atoms with Crippen LogP contribution in [0.15, 0.2) is 18.2 Å². The molecule has 0 aromatic heterocycles. The van der Waals surface area contributed by atoms with E-state index >= 15 is 0 Å². The fourth-order valence-corrected chi connectivity index (χ4v) is 2.39. The van der Waals surface area contributed by atoms with Crippen LogP contribution in [0, 0.1) is 10.1 Å². The van der Waals surface area contributed by atoms with Crippen molar-refractivity contribution in [3.8, 4) is 11.5 Å². The van der Waals surface area contributed by atoms with Crippen molar-refractivity contribution >= 4 is 5.69 Å². The van der Waals surface area contributed by atoms with Gasteiger partial charge >= 0.3 is 5.69 Å². The average Bonchev–Trinajstić information content (AvgIpc) is 2.74. The van der Waals surface area contributed by atoms with E-state index in [1.165, 1.54) is 0 Å². The van der Waals surface area contributed by atoms with Crippen molar-refractivity contribution < 1.29 is 14.4 Å². The predicted octanol–water partition coefficient (Wildman–Crippen LogP) is 2.64. The van der Waals surface area contributed by atoms with Gasteiger partial charge in [0.1, 0.15) is 6.10 Å². The minimum atomic E-state index is -0.465. The van der Waals surface area contributed by atoms with Crippen molar-refractivity contribution in [3.05, 3.63) is 28.3 Å². The number of rotatable bonds is 5. The second kappa shape index (κ2) is 6.09. The van der Waals surface area contributed by atoms with Crippen LogP contribution in [-0.4, -0.2) is 23.2 Å². The maximum absolute atomic E-state index is 11.3. The zero-order valence-corrected chi connectivity index (χ0v) is 11.7. The van der Waals surface area contributed by atoms with Crippen molar-refractivity contribution in [2.24, 2.45) is 5.73 Å². The zero-order chi connectivity index (χ0) is 14.7. The van der Waals surface area contributed by atoms with Crippen LogP contribution in [0.4, 0.5) is 5.69 Å². The smallest absolute Gasteiger partial charge is 0.352 e. The molecule has 110 valence electrons. The quantitative estimate of drug-likeness (QED) is 0.661. The van der Waals surface area contributed by atoms with Crippen LogP contribution in [0.1, 0.15) is 33.1 Å². The molecule has 2 N–H and O–H groups in total. The Morgan fingerprint density at radius 2 is 2.05 bits per heavy atom. The summed E-state index contributed by atoms with van der Waals surface area (Å²) in [5.74, 6) is 0.463. The summed E-state index contributed by atoms with van der Waals surface area (Å²) in [4.78, 5) is 10.8. The third-order valence-corrected chi connectivity index (χ3v) is 3.29. The molecule has 2 unspecified atom stereocenters. The lowest BCUT2D eigenvalue weighted by Crippen LogP contribution is -2.33. The third kappa shape index (κ3) is 3.19. The van der Waals surface area contributed by atoms with Gasteiger partial charge < -0.3 is 15.2 Å². The van der Waals surface area contributed by atoms with Gasteiger partial charge in [-0.2, -0.15) is 0 Å². The van der Waals surface area contributed by atoms with Crippen molar-refractivity contribution in [1.82, 2.24) is 0 Å². The Kier molecular flexibility index (Phi) is 4.44. The summed E-state index contributed by atoms with van der Waals surface area (Å²) < 4.78 is 11.2. The Bertz CT molecular complexity index is 490. The van der Waals surface area contributed by atoms with Crippen LogP contribution < -0.4 is 15.2 Å². The van der Waals surface area contributed by atoms with Gasteiger partial charge in [-0.25, -0.2) is 0 Å². The summed E-state index contributed by atoms with van der Waals surface area (Å²) >= 11 is 0. The van der Waals surface area contributed by atoms with Gasteiger partial charge in [0.25, 0.3) is 0 Å². The number of nitro benzene ring substituents is 1. The fraction of sp³-hybridized carbons (Fsp3) is 0.571. The second-order valence-corrected chi connectivity index (χ2v) is 5.28. The molecule has 1 aromatic carbocycles. The van der Waals surface area contributed by atoms with Crippen LogP contribution in [-0.2, 0) is 0 Å². The fourth-order valence-electron chi connectivity index (χ4n) is 2.39. The van der Waals surface area contributed by atoms with E-state index < -0.39 is 4.92 Å². The van der Waals surface area contributed by atoms with Crippen LogP contribution in [0.2, 0.25) is 0 Å². The molecular weight excluding hydrogens is 260 g/mol. The predicted molar refractivity (Wildman–Crippen MR) is 75.1 cm³/mol. The molecule has 0 amide bonds. The standard InChI is InChI=1S/C14H20N2O4/c1-9(2)19-12-7-4-8-13(14(12)16(17)18)20-11-6-3-5-10(11)15/h4,7-11H,3,5-6,15H2,1-2H3. The third-order valence-electron chi connectivity index (χ3n) is 3.29. The Balaban J connectivity index is 2.29. The zero-order valence-electron chi connectivity index (χ0n) is 11.7. The number of ether oxygens (including phenoxy) is 2. The second-order valence-electron chi connectivity index (χ2n) is 5.28. The molecular formula is C14H20N2O4. The summed E-state index contributed by atoms with van der Waals surface area (Å²) in [7, 11) is 0. The topological polar surface area (TPSA) is 87.6 Å². The van der Waals surface area contributed by atoms with Gasteiger partial charge in [-0.3, -0.25) is 10.1 Å². The van der Waals surface area contributed by atoms with Crippen molar-refractivity contribution in [1.29, 1.82) is 0 Å². The molecule has 6 heteroatoms. The van der Waals surface area contributed by atoms with Gasteiger partial charge in [0, 0.05) is 6.04 Å². The van der Waals surface area contributed by atoms with Crippen molar-refractivity contribution in [3.63, 3.8) is 0 Å². The number of benzene rings is 1. The maximum atomic E-state index is 11.3. The number of nitrogens with two attached hydrogens (primary N) is 1. The van der Waals surface area contributed by atoms with Crippen LogP contribution in [0.25, 0.3) is 0 Å². The molecule has 20 heavy (non-hydrogen) atoms. The molecule has 1 fully saturated rings. The lowest BCUT2D eigenvalue weighted by atomic mass is 10.2. The molecule has 1 aliphatic carbocycles. The van der Waals surface area contributed by atoms with E-state index in [0.29, 0.717) is 0 Å². The maximum Gasteiger partial charge on any atom is 0.352 e. The van der Waals surface area contributed by atoms with Crippen molar-refractivity contribution in [2.75, 3.05) is 0 Å². The van der Waals surface area contributed by atoms with E-state index in [0.717, 1.165) is 19.3 Å². The van der Waals surface area contributed by atoms with Gasteiger partial charge in [-0.15, -0.1) is 0 Å². The summed E-state index contributed by atoms with van der Waals surface area (Å²) in [6.07, 6.45) is 2.40. The first-order valence-corrected chi connectivity index (χ1v) is 6.85. The van der Waals surface area contributed by atoms with Gasteiger partial charge in [-0.1, -0.05) is 6.07 Å². The molecule has 1 aliphatic rings. The average molecular weight is 280 g/mol. The van der Waals surface area contributed by atoms with Crippen LogP contribution >= 0.6 is 0 Å². The molecule has 0 aliphatic heterocycles. The Labute approximate surface area is 118 Å². The Morgan fingerprint density at radius 1 is 1.35 bits per heavy atom. The highest BCUT2D eigenvalue weighted by molar-refractivity contribution is 5.57. The number of hydrogen-bond acceptors (Lipinski definition) is 5. The number of hydrogen-bond donors (Lipinski definition) is 1. The highest BCUT2D eigenvalue weighted by Crippen LogP contribution is 2.38. The van der Waals surface area contributed by atoms with E-state index in [4.69, 9.17) is 15.2 Å². The summed E-state index contributed by atoms with van der Waals surface area (Å²) in [6.45, 7) is 3.65. The van der Waals surface area contributed by atoms with Gasteiger partial charge in [-0.05, 0) is 45.2 Å². The minimum absolute atomic E-state index is 0.0655. The molecule has 0 bridgehead atoms. The number of para-hydroxylation sites is 1. The highest BCUT2D eigenvalue weighted by Gasteiger charge is 2.30. The molecule has 2 atom stereocenters. The molecule has 1 saturated carbocycles. The van der Waals surface area contributed by atoms with E-state index in [-0.39, 0.29) is 35.4 Å². The van der Waals surface area contributed by atoms with Gasteiger partial charge in [0.05, 0.1) is 11.0 Å². The minimum Gasteiger partial charge on any atom is -0.484 e. The largest absolute Gasteiger partial charge is 0.484 e. The van der Waals surface area contributed by atoms with E-state index in [2.05, 4.69) is 0 Å². The van der Waals surface area contributed by atoms with E-state index in [1.54, 1.807) is 18.2 Å². The van der Waals surface area contributed by atoms with E-state index in [1.807, 2.05) is 13.8 Å². The Morgan fingerprint density at radius 3 is 2.60 bits per heavy atom. The molecule has 6 nitrogen and oxygen atoms in total. The van der Waals surface area contributed by atoms with Crippen molar-refractivity contribution in [2.45, 2.75) is 51.4 Å². The first-order valence-electron chi connectivity index (χ1n) is 6.85.